The van der Waals surface area contributed by atoms with Crippen LogP contribution < -0.4 is 15.4 Å². The van der Waals surface area contributed by atoms with Gasteiger partial charge in [0.05, 0.1) is 20.6 Å². The van der Waals surface area contributed by atoms with E-state index in [9.17, 15) is 4.79 Å². The lowest BCUT2D eigenvalue weighted by Gasteiger charge is -2.18. The standard InChI is InChI=1S/C21H25N3O2Si/c1-7-17(25)23-15-12-14(9-8-13(15)2)18-19-16(26-3)10-11-22-20(19)24-21(18)27(4,5)6/h7-12H,1H2,2-6H3,(H,22,24)(H,23,25). The molecule has 6 heteroatoms. The molecule has 0 radical (unpaired) electrons. The number of rotatable bonds is 5. The summed E-state index contributed by atoms with van der Waals surface area (Å²) in [6.45, 7) is 12.4. The SMILES string of the molecule is C=CC(=O)Nc1cc(-c2c([Si](C)(C)C)[nH]c3nccc(OC)c23)ccc1C. The van der Waals surface area contributed by atoms with E-state index >= 15 is 0 Å². The number of aryl methyl sites for hydroxylation is 1. The van der Waals surface area contributed by atoms with E-state index in [2.05, 4.69) is 47.6 Å². The third-order valence-corrected chi connectivity index (χ3v) is 6.47. The van der Waals surface area contributed by atoms with Crippen molar-refractivity contribution in [1.82, 2.24) is 9.97 Å². The molecule has 5 nitrogen and oxygen atoms in total. The Morgan fingerprint density at radius 3 is 2.67 bits per heavy atom. The van der Waals surface area contributed by atoms with E-state index < -0.39 is 8.07 Å². The lowest BCUT2D eigenvalue weighted by atomic mass is 10.0. The first-order valence-electron chi connectivity index (χ1n) is 8.86. The summed E-state index contributed by atoms with van der Waals surface area (Å²) in [5, 5.41) is 5.08. The molecule has 140 valence electrons. The van der Waals surface area contributed by atoms with Gasteiger partial charge in [-0.15, -0.1) is 0 Å². The van der Waals surface area contributed by atoms with Gasteiger partial charge in [-0.05, 0) is 36.3 Å². The van der Waals surface area contributed by atoms with Gasteiger partial charge in [-0.1, -0.05) is 38.4 Å². The summed E-state index contributed by atoms with van der Waals surface area (Å²) in [7, 11) is -0.0327. The number of hydrogen-bond acceptors (Lipinski definition) is 3. The molecule has 0 atom stereocenters. The van der Waals surface area contributed by atoms with Crippen LogP contribution in [0.4, 0.5) is 5.69 Å². The number of anilines is 1. The molecule has 0 saturated carbocycles. The summed E-state index contributed by atoms with van der Waals surface area (Å²) < 4.78 is 5.62. The van der Waals surface area contributed by atoms with Crippen molar-refractivity contribution in [3.63, 3.8) is 0 Å². The Hall–Kier alpha value is -2.86. The van der Waals surface area contributed by atoms with E-state index in [4.69, 9.17) is 4.74 Å². The second-order valence-electron chi connectivity index (χ2n) is 7.58. The minimum atomic E-state index is -1.70. The van der Waals surface area contributed by atoms with Crippen LogP contribution in [0.3, 0.4) is 0 Å². The Bertz CT molecular complexity index is 1030. The number of aromatic amines is 1. The molecular formula is C21H25N3O2Si. The quantitative estimate of drug-likeness (QED) is 0.515. The van der Waals surface area contributed by atoms with Crippen LogP contribution >= 0.6 is 0 Å². The van der Waals surface area contributed by atoms with Gasteiger partial charge in [0, 0.05) is 22.8 Å². The molecule has 0 fully saturated rings. The average molecular weight is 380 g/mol. The second kappa shape index (κ2) is 7.04. The van der Waals surface area contributed by atoms with Gasteiger partial charge in [-0.25, -0.2) is 4.98 Å². The predicted molar refractivity (Wildman–Crippen MR) is 115 cm³/mol. The highest BCUT2D eigenvalue weighted by molar-refractivity contribution is 6.89. The molecule has 1 amide bonds. The van der Waals surface area contributed by atoms with Crippen LogP contribution in [0.1, 0.15) is 5.56 Å². The molecule has 0 aliphatic heterocycles. The van der Waals surface area contributed by atoms with Crippen molar-refractivity contribution in [2.45, 2.75) is 26.6 Å². The summed E-state index contributed by atoms with van der Waals surface area (Å²) in [4.78, 5) is 19.9. The zero-order chi connectivity index (χ0) is 19.8. The molecule has 0 bridgehead atoms. The zero-order valence-electron chi connectivity index (χ0n) is 16.4. The van der Waals surface area contributed by atoms with Gasteiger partial charge < -0.3 is 15.0 Å². The van der Waals surface area contributed by atoms with Crippen LogP contribution in [0.5, 0.6) is 5.75 Å². The second-order valence-corrected chi connectivity index (χ2v) is 12.6. The van der Waals surface area contributed by atoms with Crippen molar-refractivity contribution in [1.29, 1.82) is 0 Å². The fraction of sp³-hybridized carbons (Fsp3) is 0.238. The molecule has 27 heavy (non-hydrogen) atoms. The number of methoxy groups -OCH3 is 1. The third kappa shape index (κ3) is 3.53. The largest absolute Gasteiger partial charge is 0.496 e. The van der Waals surface area contributed by atoms with Crippen molar-refractivity contribution in [2.24, 2.45) is 0 Å². The normalized spacial score (nSPS) is 11.4. The van der Waals surface area contributed by atoms with E-state index in [1.165, 1.54) is 11.4 Å². The fourth-order valence-electron chi connectivity index (χ4n) is 3.20. The Morgan fingerprint density at radius 1 is 1.30 bits per heavy atom. The molecule has 0 unspecified atom stereocenters. The monoisotopic (exact) mass is 379 g/mol. The molecule has 1 aromatic carbocycles. The number of hydrogen-bond donors (Lipinski definition) is 2. The Morgan fingerprint density at radius 2 is 2.04 bits per heavy atom. The van der Waals surface area contributed by atoms with E-state index in [1.807, 2.05) is 25.1 Å². The highest BCUT2D eigenvalue weighted by Gasteiger charge is 2.27. The van der Waals surface area contributed by atoms with Gasteiger partial charge in [-0.3, -0.25) is 4.79 Å². The maximum atomic E-state index is 11.8. The summed E-state index contributed by atoms with van der Waals surface area (Å²) in [5.41, 5.74) is 4.71. The highest BCUT2D eigenvalue weighted by atomic mass is 28.3. The third-order valence-electron chi connectivity index (χ3n) is 4.60. The molecule has 0 aliphatic rings. The number of nitrogens with zero attached hydrogens (tertiary/aromatic N) is 1. The smallest absolute Gasteiger partial charge is 0.247 e. The van der Waals surface area contributed by atoms with Gasteiger partial charge in [0.15, 0.2) is 0 Å². The molecule has 0 saturated heterocycles. The molecule has 2 aromatic heterocycles. The van der Waals surface area contributed by atoms with Crippen molar-refractivity contribution in [3.05, 3.63) is 48.7 Å². The minimum Gasteiger partial charge on any atom is -0.496 e. The highest BCUT2D eigenvalue weighted by Crippen LogP contribution is 2.36. The molecule has 0 aliphatic carbocycles. The number of pyridine rings is 1. The zero-order valence-corrected chi connectivity index (χ0v) is 17.4. The Balaban J connectivity index is 2.31. The van der Waals surface area contributed by atoms with Crippen molar-refractivity contribution >= 4 is 36.0 Å². The fourth-order valence-corrected chi connectivity index (χ4v) is 4.72. The van der Waals surface area contributed by atoms with Crippen LogP contribution in [0.15, 0.2) is 43.1 Å². The number of carbonyl (C=O) groups is 1. The lowest BCUT2D eigenvalue weighted by Crippen LogP contribution is -2.39. The van der Waals surface area contributed by atoms with Gasteiger partial charge in [0.25, 0.3) is 0 Å². The molecule has 3 aromatic rings. The van der Waals surface area contributed by atoms with Crippen molar-refractivity contribution < 1.29 is 9.53 Å². The molecular weight excluding hydrogens is 354 g/mol. The van der Waals surface area contributed by atoms with Crippen LogP contribution in [0.2, 0.25) is 19.6 Å². The number of H-pyrrole nitrogens is 1. The summed E-state index contributed by atoms with van der Waals surface area (Å²) in [6.07, 6.45) is 3.03. The van der Waals surface area contributed by atoms with Crippen LogP contribution in [-0.2, 0) is 4.79 Å². The van der Waals surface area contributed by atoms with E-state index in [1.54, 1.807) is 13.3 Å². The molecule has 0 spiro atoms. The minimum absolute atomic E-state index is 0.223. The average Bonchev–Trinajstić information content (AvgIpc) is 3.03. The van der Waals surface area contributed by atoms with E-state index in [-0.39, 0.29) is 5.91 Å². The number of nitrogens with one attached hydrogen (secondary N) is 2. The Labute approximate surface area is 160 Å². The number of fused-ring (bicyclic) bond motifs is 1. The predicted octanol–water partition coefficient (Wildman–Crippen LogP) is 4.22. The van der Waals surface area contributed by atoms with Crippen molar-refractivity contribution in [2.75, 3.05) is 12.4 Å². The van der Waals surface area contributed by atoms with Crippen LogP contribution in [0, 0.1) is 6.92 Å². The maximum absolute atomic E-state index is 11.8. The first-order chi connectivity index (χ1) is 12.8. The first-order valence-corrected chi connectivity index (χ1v) is 12.4. The summed E-state index contributed by atoms with van der Waals surface area (Å²) in [6, 6.07) is 7.99. The summed E-state index contributed by atoms with van der Waals surface area (Å²) in [5.74, 6) is 0.562. The number of amides is 1. The van der Waals surface area contributed by atoms with Gasteiger partial charge in [0.1, 0.15) is 11.4 Å². The number of carbonyl (C=O) groups excluding carboxylic acids is 1. The Kier molecular flexibility index (Phi) is 4.93. The molecule has 3 rings (SSSR count). The van der Waals surface area contributed by atoms with E-state index in [0.29, 0.717) is 0 Å². The van der Waals surface area contributed by atoms with Crippen LogP contribution in [0.25, 0.3) is 22.2 Å². The van der Waals surface area contributed by atoms with Crippen molar-refractivity contribution in [3.8, 4) is 16.9 Å². The topological polar surface area (TPSA) is 67.0 Å². The van der Waals surface area contributed by atoms with Gasteiger partial charge >= 0.3 is 0 Å². The summed E-state index contributed by atoms with van der Waals surface area (Å²) >= 11 is 0. The molecule has 2 N–H and O–H groups in total. The van der Waals surface area contributed by atoms with Crippen LogP contribution in [-0.4, -0.2) is 31.1 Å². The van der Waals surface area contributed by atoms with Gasteiger partial charge in [0.2, 0.25) is 5.91 Å². The maximum Gasteiger partial charge on any atom is 0.247 e. The lowest BCUT2D eigenvalue weighted by molar-refractivity contribution is -0.111. The van der Waals surface area contributed by atoms with Gasteiger partial charge in [-0.2, -0.15) is 0 Å². The first kappa shape index (κ1) is 18.9. The number of benzene rings is 1. The van der Waals surface area contributed by atoms with E-state index in [0.717, 1.165) is 39.2 Å². The number of ether oxygens (including phenoxy) is 1. The molecule has 2 heterocycles. The number of aromatic nitrogens is 2.